The second-order valence-electron chi connectivity index (χ2n) is 11.6. The Bertz CT molecular complexity index is 1110. The summed E-state index contributed by atoms with van der Waals surface area (Å²) in [6, 6.07) is 31.5. The molecule has 0 spiro atoms. The molecule has 0 bridgehead atoms. The van der Waals surface area contributed by atoms with Crippen LogP contribution in [0, 0.1) is 0 Å². The first-order valence-electron chi connectivity index (χ1n) is 16.1. The number of hydrogen-bond donors (Lipinski definition) is 0. The molecule has 1 heterocycles. The van der Waals surface area contributed by atoms with E-state index in [0.29, 0.717) is 19.8 Å². The Labute approximate surface area is 254 Å². The Morgan fingerprint density at radius 3 is 1.64 bits per heavy atom. The average Bonchev–Trinajstić information content (AvgIpc) is 3.04. The number of unbranched alkanes of at least 4 members (excludes halogenated alkanes) is 6. The van der Waals surface area contributed by atoms with Gasteiger partial charge in [0.15, 0.2) is 0 Å². The number of rotatable bonds is 19. The fourth-order valence-electron chi connectivity index (χ4n) is 5.96. The SMILES string of the molecule is C=CCC1[C@H](OCc2ccccc2)[C@@H](OCc2ccccc2)[C@H](OCc2ccccc2)CN1CCCCCCCCC. The fraction of sp³-hybridized carbons (Fsp3) is 0.474. The first kappa shape index (κ1) is 32.2. The number of benzene rings is 3. The predicted molar refractivity (Wildman–Crippen MR) is 173 cm³/mol. The van der Waals surface area contributed by atoms with Crippen LogP contribution in [0.3, 0.4) is 0 Å². The van der Waals surface area contributed by atoms with Gasteiger partial charge in [0, 0.05) is 12.6 Å². The molecule has 42 heavy (non-hydrogen) atoms. The summed E-state index contributed by atoms with van der Waals surface area (Å²) in [4.78, 5) is 2.60. The van der Waals surface area contributed by atoms with Crippen LogP contribution in [0.25, 0.3) is 0 Å². The van der Waals surface area contributed by atoms with Gasteiger partial charge in [0.25, 0.3) is 0 Å². The van der Waals surface area contributed by atoms with Crippen LogP contribution in [0.15, 0.2) is 104 Å². The van der Waals surface area contributed by atoms with Gasteiger partial charge in [-0.3, -0.25) is 4.90 Å². The molecule has 3 aromatic rings. The zero-order valence-corrected chi connectivity index (χ0v) is 25.6. The van der Waals surface area contributed by atoms with Crippen LogP contribution < -0.4 is 0 Å². The zero-order valence-electron chi connectivity index (χ0n) is 25.6. The van der Waals surface area contributed by atoms with Crippen LogP contribution in [0.1, 0.15) is 75.0 Å². The molecule has 4 rings (SSSR count). The third kappa shape index (κ3) is 10.5. The summed E-state index contributed by atoms with van der Waals surface area (Å²) in [5.41, 5.74) is 3.50. The van der Waals surface area contributed by atoms with Crippen molar-refractivity contribution < 1.29 is 14.2 Å². The maximum atomic E-state index is 6.83. The molecule has 1 aliphatic rings. The number of hydrogen-bond acceptors (Lipinski definition) is 4. The molecule has 1 unspecified atom stereocenters. The monoisotopic (exact) mass is 569 g/mol. The van der Waals surface area contributed by atoms with E-state index >= 15 is 0 Å². The summed E-state index contributed by atoms with van der Waals surface area (Å²) in [5.74, 6) is 0. The minimum atomic E-state index is -0.201. The molecule has 1 saturated heterocycles. The molecule has 4 atom stereocenters. The summed E-state index contributed by atoms with van der Waals surface area (Å²) in [7, 11) is 0. The van der Waals surface area contributed by atoms with E-state index in [9.17, 15) is 0 Å². The van der Waals surface area contributed by atoms with Crippen molar-refractivity contribution in [2.45, 2.75) is 102 Å². The standard InChI is InChI=1S/C38H51NO3/c1-3-5-6-7-8-9-19-27-39-28-36(40-29-32-21-13-10-14-22-32)38(42-31-34-25-17-12-18-26-34)37(35(39)20-4-2)41-30-33-23-15-11-16-24-33/h4,10-18,21-26,35-38H,2-3,5-9,19-20,27-31H2,1H3/t35?,36-,37+,38+/m1/s1. The molecule has 4 heteroatoms. The van der Waals surface area contributed by atoms with Gasteiger partial charge >= 0.3 is 0 Å². The molecule has 3 aromatic carbocycles. The highest BCUT2D eigenvalue weighted by Gasteiger charge is 2.45. The van der Waals surface area contributed by atoms with Crippen LogP contribution in [-0.4, -0.2) is 42.3 Å². The summed E-state index contributed by atoms with van der Waals surface area (Å²) < 4.78 is 20.3. The van der Waals surface area contributed by atoms with Gasteiger partial charge in [0.2, 0.25) is 0 Å². The Morgan fingerprint density at radius 2 is 1.12 bits per heavy atom. The van der Waals surface area contributed by atoms with E-state index in [1.165, 1.54) is 56.1 Å². The van der Waals surface area contributed by atoms with Gasteiger partial charge in [0.1, 0.15) is 12.2 Å². The lowest BCUT2D eigenvalue weighted by Crippen LogP contribution is -2.63. The van der Waals surface area contributed by atoms with Gasteiger partial charge in [-0.25, -0.2) is 0 Å². The summed E-state index contributed by atoms with van der Waals surface area (Å²) in [6.45, 7) is 9.90. The first-order chi connectivity index (χ1) is 20.8. The lowest BCUT2D eigenvalue weighted by atomic mass is 9.90. The van der Waals surface area contributed by atoms with E-state index in [4.69, 9.17) is 14.2 Å². The molecule has 0 radical (unpaired) electrons. The van der Waals surface area contributed by atoms with E-state index in [0.717, 1.165) is 25.1 Å². The van der Waals surface area contributed by atoms with Crippen molar-refractivity contribution in [3.8, 4) is 0 Å². The van der Waals surface area contributed by atoms with Crippen LogP contribution in [0.5, 0.6) is 0 Å². The van der Waals surface area contributed by atoms with Crippen molar-refractivity contribution in [3.05, 3.63) is 120 Å². The maximum Gasteiger partial charge on any atom is 0.113 e. The molecule has 226 valence electrons. The lowest BCUT2D eigenvalue weighted by Gasteiger charge is -2.48. The van der Waals surface area contributed by atoms with Crippen LogP contribution in [0.2, 0.25) is 0 Å². The van der Waals surface area contributed by atoms with E-state index < -0.39 is 0 Å². The summed E-state index contributed by atoms with van der Waals surface area (Å²) >= 11 is 0. The topological polar surface area (TPSA) is 30.9 Å². The summed E-state index contributed by atoms with van der Waals surface area (Å²) in [5, 5.41) is 0. The fourth-order valence-corrected chi connectivity index (χ4v) is 5.96. The average molecular weight is 570 g/mol. The number of likely N-dealkylation sites (tertiary alicyclic amines) is 1. The van der Waals surface area contributed by atoms with Crippen molar-refractivity contribution in [3.63, 3.8) is 0 Å². The van der Waals surface area contributed by atoms with Gasteiger partial charge in [-0.1, -0.05) is 143 Å². The zero-order chi connectivity index (χ0) is 29.2. The molecule has 0 saturated carbocycles. The van der Waals surface area contributed by atoms with E-state index in [2.05, 4.69) is 91.2 Å². The van der Waals surface area contributed by atoms with Crippen LogP contribution >= 0.6 is 0 Å². The minimum Gasteiger partial charge on any atom is -0.369 e. The van der Waals surface area contributed by atoms with Gasteiger partial charge in [-0.15, -0.1) is 6.58 Å². The number of piperidine rings is 1. The molecule has 0 amide bonds. The van der Waals surface area contributed by atoms with Crippen LogP contribution in [0.4, 0.5) is 0 Å². The Kier molecular flexibility index (Phi) is 14.3. The summed E-state index contributed by atoms with van der Waals surface area (Å²) in [6.07, 6.45) is 11.5. The molecule has 1 aliphatic heterocycles. The van der Waals surface area contributed by atoms with E-state index in [1.54, 1.807) is 0 Å². The highest BCUT2D eigenvalue weighted by atomic mass is 16.6. The highest BCUT2D eigenvalue weighted by Crippen LogP contribution is 2.31. The van der Waals surface area contributed by atoms with Crippen molar-refractivity contribution in [1.29, 1.82) is 0 Å². The van der Waals surface area contributed by atoms with Crippen molar-refractivity contribution in [2.75, 3.05) is 13.1 Å². The smallest absolute Gasteiger partial charge is 0.113 e. The Hall–Kier alpha value is -2.76. The van der Waals surface area contributed by atoms with Gasteiger partial charge in [-0.05, 0) is 36.1 Å². The normalized spacial score (nSPS) is 20.9. The van der Waals surface area contributed by atoms with Gasteiger partial charge in [-0.2, -0.15) is 0 Å². The number of nitrogens with zero attached hydrogens (tertiary/aromatic N) is 1. The molecule has 4 nitrogen and oxygen atoms in total. The van der Waals surface area contributed by atoms with Crippen LogP contribution in [-0.2, 0) is 34.0 Å². The number of ether oxygens (including phenoxy) is 3. The highest BCUT2D eigenvalue weighted by molar-refractivity contribution is 5.16. The molecule has 0 aromatic heterocycles. The largest absolute Gasteiger partial charge is 0.369 e. The molecular formula is C38H51NO3. The maximum absolute atomic E-state index is 6.83. The Balaban J connectivity index is 1.53. The molecule has 0 aliphatic carbocycles. The first-order valence-corrected chi connectivity index (χ1v) is 16.1. The van der Waals surface area contributed by atoms with Crippen molar-refractivity contribution >= 4 is 0 Å². The third-order valence-corrected chi connectivity index (χ3v) is 8.29. The second kappa shape index (κ2) is 18.7. The van der Waals surface area contributed by atoms with Gasteiger partial charge in [0.05, 0.1) is 25.9 Å². The third-order valence-electron chi connectivity index (χ3n) is 8.29. The molecular weight excluding hydrogens is 518 g/mol. The van der Waals surface area contributed by atoms with Crippen molar-refractivity contribution in [2.24, 2.45) is 0 Å². The van der Waals surface area contributed by atoms with Crippen molar-refractivity contribution in [1.82, 2.24) is 4.90 Å². The minimum absolute atomic E-state index is 0.111. The molecule has 0 N–H and O–H groups in total. The quantitative estimate of drug-likeness (QED) is 0.107. The second-order valence-corrected chi connectivity index (χ2v) is 11.6. The predicted octanol–water partition coefficient (Wildman–Crippen LogP) is 8.75. The van der Waals surface area contributed by atoms with E-state index in [1.807, 2.05) is 24.3 Å². The van der Waals surface area contributed by atoms with Gasteiger partial charge < -0.3 is 14.2 Å². The Morgan fingerprint density at radius 1 is 0.643 bits per heavy atom. The lowest BCUT2D eigenvalue weighted by molar-refractivity contribution is -0.203. The molecule has 1 fully saturated rings. The van der Waals surface area contributed by atoms with E-state index in [-0.39, 0.29) is 24.4 Å².